The number of hydrogen-bond acceptors (Lipinski definition) is 3. The molecule has 3 nitrogen and oxygen atoms in total. The fourth-order valence-corrected chi connectivity index (χ4v) is 2.00. The lowest BCUT2D eigenvalue weighted by Crippen LogP contribution is -2.45. The molecule has 2 rings (SSSR count). The highest BCUT2D eigenvalue weighted by Crippen LogP contribution is 2.27. The summed E-state index contributed by atoms with van der Waals surface area (Å²) in [5.74, 6) is 0.623. The van der Waals surface area contributed by atoms with Crippen molar-refractivity contribution in [2.45, 2.75) is 19.1 Å². The number of ether oxygens (including phenoxy) is 1. The summed E-state index contributed by atoms with van der Waals surface area (Å²) in [4.78, 5) is 4.22. The molecule has 2 aromatic rings. The second-order valence-electron chi connectivity index (χ2n) is 4.07. The predicted octanol–water partition coefficient (Wildman–Crippen LogP) is 2.94. The molecule has 0 spiro atoms. The standard InChI is InChI=1S/C15H18N2O/c1-3-15(16-2,13-9-5-4-6-10-13)18-14-11-7-8-12-17-14/h4-12,16H,3H2,1-2H3. The van der Waals surface area contributed by atoms with Crippen molar-refractivity contribution in [3.8, 4) is 5.88 Å². The van der Waals surface area contributed by atoms with Gasteiger partial charge in [0.25, 0.3) is 0 Å². The first-order chi connectivity index (χ1) is 8.80. The molecule has 0 aliphatic carbocycles. The first kappa shape index (κ1) is 12.6. The fraction of sp³-hybridized carbons (Fsp3) is 0.267. The number of rotatable bonds is 5. The van der Waals surface area contributed by atoms with E-state index < -0.39 is 5.72 Å². The Morgan fingerprint density at radius 1 is 1.11 bits per heavy atom. The van der Waals surface area contributed by atoms with E-state index in [0.717, 1.165) is 12.0 Å². The summed E-state index contributed by atoms with van der Waals surface area (Å²) in [6.07, 6.45) is 2.54. The maximum Gasteiger partial charge on any atom is 0.215 e. The molecular weight excluding hydrogens is 224 g/mol. The van der Waals surface area contributed by atoms with Crippen LogP contribution in [0.4, 0.5) is 0 Å². The second kappa shape index (κ2) is 5.65. The fourth-order valence-electron chi connectivity index (χ4n) is 2.00. The Labute approximate surface area is 108 Å². The Morgan fingerprint density at radius 2 is 1.83 bits per heavy atom. The van der Waals surface area contributed by atoms with E-state index in [-0.39, 0.29) is 0 Å². The first-order valence-electron chi connectivity index (χ1n) is 6.15. The number of pyridine rings is 1. The first-order valence-corrected chi connectivity index (χ1v) is 6.15. The number of aromatic nitrogens is 1. The molecule has 1 heterocycles. The average molecular weight is 242 g/mol. The van der Waals surface area contributed by atoms with E-state index in [4.69, 9.17) is 4.74 Å². The third-order valence-electron chi connectivity index (χ3n) is 3.06. The van der Waals surface area contributed by atoms with Gasteiger partial charge in [0.2, 0.25) is 5.88 Å². The van der Waals surface area contributed by atoms with Gasteiger partial charge in [-0.3, -0.25) is 5.32 Å². The summed E-state index contributed by atoms with van der Waals surface area (Å²) in [7, 11) is 1.90. The minimum Gasteiger partial charge on any atom is -0.452 e. The minimum absolute atomic E-state index is 0.532. The van der Waals surface area contributed by atoms with Crippen LogP contribution in [0.25, 0.3) is 0 Å². The molecule has 1 aromatic heterocycles. The van der Waals surface area contributed by atoms with Crippen molar-refractivity contribution in [1.82, 2.24) is 10.3 Å². The SMILES string of the molecule is CCC(NC)(Oc1ccccn1)c1ccccc1. The highest BCUT2D eigenvalue weighted by Gasteiger charge is 2.30. The third kappa shape index (κ3) is 2.51. The van der Waals surface area contributed by atoms with Gasteiger partial charge in [0.1, 0.15) is 0 Å². The Morgan fingerprint density at radius 3 is 2.39 bits per heavy atom. The van der Waals surface area contributed by atoms with E-state index in [1.54, 1.807) is 6.20 Å². The normalized spacial score (nSPS) is 13.9. The summed E-state index contributed by atoms with van der Waals surface area (Å²) in [6.45, 7) is 2.09. The number of nitrogens with one attached hydrogen (secondary N) is 1. The Balaban J connectivity index is 2.33. The van der Waals surface area contributed by atoms with E-state index in [2.05, 4.69) is 29.4 Å². The highest BCUT2D eigenvalue weighted by molar-refractivity contribution is 5.24. The molecule has 0 saturated carbocycles. The van der Waals surface area contributed by atoms with Crippen molar-refractivity contribution in [2.24, 2.45) is 0 Å². The van der Waals surface area contributed by atoms with E-state index in [1.165, 1.54) is 0 Å². The highest BCUT2D eigenvalue weighted by atomic mass is 16.5. The molecule has 18 heavy (non-hydrogen) atoms. The molecule has 0 aliphatic rings. The maximum absolute atomic E-state index is 6.06. The summed E-state index contributed by atoms with van der Waals surface area (Å²) in [5, 5.41) is 3.27. The lowest BCUT2D eigenvalue weighted by molar-refractivity contribution is 0.0279. The van der Waals surface area contributed by atoms with Crippen molar-refractivity contribution in [3.05, 3.63) is 60.3 Å². The van der Waals surface area contributed by atoms with Crippen LogP contribution < -0.4 is 10.1 Å². The summed E-state index contributed by atoms with van der Waals surface area (Å²) in [6, 6.07) is 15.8. The number of hydrogen-bond donors (Lipinski definition) is 1. The molecule has 1 atom stereocenters. The molecule has 0 amide bonds. The zero-order valence-corrected chi connectivity index (χ0v) is 10.8. The van der Waals surface area contributed by atoms with Crippen molar-refractivity contribution in [3.63, 3.8) is 0 Å². The summed E-state index contributed by atoms with van der Waals surface area (Å²) < 4.78 is 6.06. The summed E-state index contributed by atoms with van der Waals surface area (Å²) >= 11 is 0. The van der Waals surface area contributed by atoms with E-state index in [1.807, 2.05) is 43.4 Å². The van der Waals surface area contributed by atoms with Crippen molar-refractivity contribution < 1.29 is 4.74 Å². The van der Waals surface area contributed by atoms with Crippen LogP contribution >= 0.6 is 0 Å². The molecule has 0 saturated heterocycles. The molecule has 1 N–H and O–H groups in total. The van der Waals surface area contributed by atoms with Crippen LogP contribution in [0.3, 0.4) is 0 Å². The zero-order valence-electron chi connectivity index (χ0n) is 10.8. The van der Waals surface area contributed by atoms with Crippen LogP contribution in [-0.2, 0) is 5.72 Å². The lowest BCUT2D eigenvalue weighted by Gasteiger charge is -2.33. The number of nitrogens with zero attached hydrogens (tertiary/aromatic N) is 1. The molecule has 0 fully saturated rings. The Hall–Kier alpha value is -1.87. The summed E-state index contributed by atoms with van der Waals surface area (Å²) in [5.41, 5.74) is 0.566. The van der Waals surface area contributed by atoms with Gasteiger partial charge in [0.05, 0.1) is 0 Å². The lowest BCUT2D eigenvalue weighted by atomic mass is 10.00. The van der Waals surface area contributed by atoms with Crippen LogP contribution in [0, 0.1) is 0 Å². The van der Waals surface area contributed by atoms with E-state index in [9.17, 15) is 0 Å². The van der Waals surface area contributed by atoms with Crippen LogP contribution in [-0.4, -0.2) is 12.0 Å². The van der Waals surface area contributed by atoms with Crippen LogP contribution in [0.5, 0.6) is 5.88 Å². The van der Waals surface area contributed by atoms with Gasteiger partial charge in [-0.2, -0.15) is 0 Å². The molecule has 0 aliphatic heterocycles. The second-order valence-corrected chi connectivity index (χ2v) is 4.07. The van der Waals surface area contributed by atoms with Crippen LogP contribution in [0.1, 0.15) is 18.9 Å². The molecular formula is C15H18N2O. The van der Waals surface area contributed by atoms with Gasteiger partial charge in [0.15, 0.2) is 5.72 Å². The largest absolute Gasteiger partial charge is 0.452 e. The van der Waals surface area contributed by atoms with Gasteiger partial charge in [-0.05, 0) is 13.1 Å². The van der Waals surface area contributed by atoms with Gasteiger partial charge in [0, 0.05) is 24.2 Å². The average Bonchev–Trinajstić information content (AvgIpc) is 2.47. The smallest absolute Gasteiger partial charge is 0.215 e. The van der Waals surface area contributed by atoms with Gasteiger partial charge in [-0.25, -0.2) is 4.98 Å². The molecule has 94 valence electrons. The Kier molecular flexibility index (Phi) is 3.95. The minimum atomic E-state index is -0.532. The van der Waals surface area contributed by atoms with Gasteiger partial charge < -0.3 is 4.74 Å². The van der Waals surface area contributed by atoms with Crippen LogP contribution in [0.2, 0.25) is 0 Å². The van der Waals surface area contributed by atoms with Crippen LogP contribution in [0.15, 0.2) is 54.7 Å². The molecule has 3 heteroatoms. The molecule has 1 unspecified atom stereocenters. The maximum atomic E-state index is 6.06. The van der Waals surface area contributed by atoms with Crippen molar-refractivity contribution >= 4 is 0 Å². The predicted molar refractivity (Wildman–Crippen MR) is 72.3 cm³/mol. The topological polar surface area (TPSA) is 34.1 Å². The van der Waals surface area contributed by atoms with Gasteiger partial charge >= 0.3 is 0 Å². The quantitative estimate of drug-likeness (QED) is 0.818. The molecule has 1 aromatic carbocycles. The zero-order chi connectivity index (χ0) is 12.8. The molecule has 0 radical (unpaired) electrons. The Bertz CT molecular complexity index is 466. The van der Waals surface area contributed by atoms with E-state index >= 15 is 0 Å². The number of benzene rings is 1. The van der Waals surface area contributed by atoms with Gasteiger partial charge in [-0.15, -0.1) is 0 Å². The van der Waals surface area contributed by atoms with Crippen molar-refractivity contribution in [1.29, 1.82) is 0 Å². The van der Waals surface area contributed by atoms with Gasteiger partial charge in [-0.1, -0.05) is 43.3 Å². The molecule has 0 bridgehead atoms. The van der Waals surface area contributed by atoms with E-state index in [0.29, 0.717) is 5.88 Å². The third-order valence-corrected chi connectivity index (χ3v) is 3.06. The monoisotopic (exact) mass is 242 g/mol. The van der Waals surface area contributed by atoms with Crippen molar-refractivity contribution in [2.75, 3.05) is 7.05 Å².